The highest BCUT2D eigenvalue weighted by Gasteiger charge is 2.05. The first-order chi connectivity index (χ1) is 9.76. The van der Waals surface area contributed by atoms with E-state index in [4.69, 9.17) is 10.00 Å². The van der Waals surface area contributed by atoms with Gasteiger partial charge in [-0.15, -0.1) is 0 Å². The van der Waals surface area contributed by atoms with Gasteiger partial charge in [-0.3, -0.25) is 4.79 Å². The Hall–Kier alpha value is -3.06. The topological polar surface area (TPSA) is 65.9 Å². The van der Waals surface area contributed by atoms with Gasteiger partial charge in [-0.25, -0.2) is 0 Å². The quantitative estimate of drug-likeness (QED) is 0.771. The third kappa shape index (κ3) is 2.25. The number of aromatic nitrogens is 1. The van der Waals surface area contributed by atoms with Crippen LogP contribution in [-0.2, 0) is 0 Å². The summed E-state index contributed by atoms with van der Waals surface area (Å²) in [4.78, 5) is 14.4. The lowest BCUT2D eigenvalue weighted by molar-refractivity contribution is 0.487. The number of aromatic amines is 1. The number of H-pyrrole nitrogens is 1. The molecule has 1 heterocycles. The van der Waals surface area contributed by atoms with Crippen molar-refractivity contribution in [2.75, 3.05) is 0 Å². The van der Waals surface area contributed by atoms with E-state index in [1.807, 2.05) is 30.3 Å². The summed E-state index contributed by atoms with van der Waals surface area (Å²) in [6.07, 6.45) is 0. The molecule has 1 N–H and O–H groups in total. The lowest BCUT2D eigenvalue weighted by Gasteiger charge is -2.08. The molecule has 4 nitrogen and oxygen atoms in total. The highest BCUT2D eigenvalue weighted by Crippen LogP contribution is 2.27. The van der Waals surface area contributed by atoms with Crippen molar-refractivity contribution in [1.82, 2.24) is 4.98 Å². The number of nitriles is 1. The smallest absolute Gasteiger partial charge is 0.252 e. The Balaban J connectivity index is 2.05. The number of ether oxygens (including phenoxy) is 1. The standard InChI is InChI=1S/C16H10N2O2/c17-10-11-5-7-12(8-6-11)20-15-9-16(19)18-14-4-2-1-3-13(14)15/h1-9H,(H,18,19). The van der Waals surface area contributed by atoms with Crippen LogP contribution < -0.4 is 10.3 Å². The van der Waals surface area contributed by atoms with E-state index in [-0.39, 0.29) is 5.56 Å². The van der Waals surface area contributed by atoms with Gasteiger partial charge in [0.05, 0.1) is 17.1 Å². The molecule has 0 bridgehead atoms. The molecule has 2 aromatic carbocycles. The van der Waals surface area contributed by atoms with Gasteiger partial charge in [0.1, 0.15) is 11.5 Å². The van der Waals surface area contributed by atoms with Crippen molar-refractivity contribution < 1.29 is 4.74 Å². The van der Waals surface area contributed by atoms with Crippen LogP contribution in [0.5, 0.6) is 11.5 Å². The van der Waals surface area contributed by atoms with Crippen LogP contribution in [0.1, 0.15) is 5.56 Å². The molecular formula is C16H10N2O2. The number of benzene rings is 2. The van der Waals surface area contributed by atoms with E-state index in [0.29, 0.717) is 17.1 Å². The first-order valence-electron chi connectivity index (χ1n) is 6.06. The minimum Gasteiger partial charge on any atom is -0.456 e. The maximum absolute atomic E-state index is 11.6. The summed E-state index contributed by atoms with van der Waals surface area (Å²) in [6, 6.07) is 17.6. The van der Waals surface area contributed by atoms with Crippen molar-refractivity contribution in [2.45, 2.75) is 0 Å². The average Bonchev–Trinajstić information content (AvgIpc) is 2.48. The highest BCUT2D eigenvalue weighted by atomic mass is 16.5. The molecule has 0 radical (unpaired) electrons. The largest absolute Gasteiger partial charge is 0.456 e. The fourth-order valence-corrected chi connectivity index (χ4v) is 1.98. The zero-order valence-corrected chi connectivity index (χ0v) is 10.5. The summed E-state index contributed by atoms with van der Waals surface area (Å²) in [6.45, 7) is 0. The summed E-state index contributed by atoms with van der Waals surface area (Å²) in [5.74, 6) is 1.08. The van der Waals surface area contributed by atoms with Gasteiger partial charge in [-0.2, -0.15) is 5.26 Å². The van der Waals surface area contributed by atoms with Crippen LogP contribution in [0.4, 0.5) is 0 Å². The molecule has 0 saturated heterocycles. The molecule has 0 fully saturated rings. The summed E-state index contributed by atoms with van der Waals surface area (Å²) in [5, 5.41) is 9.59. The van der Waals surface area contributed by atoms with E-state index in [1.165, 1.54) is 6.07 Å². The predicted octanol–water partition coefficient (Wildman–Crippen LogP) is 3.19. The zero-order valence-electron chi connectivity index (χ0n) is 10.5. The second-order valence-corrected chi connectivity index (χ2v) is 4.28. The van der Waals surface area contributed by atoms with Crippen molar-refractivity contribution in [3.63, 3.8) is 0 Å². The first-order valence-corrected chi connectivity index (χ1v) is 6.06. The van der Waals surface area contributed by atoms with Gasteiger partial charge in [0.25, 0.3) is 5.56 Å². The number of para-hydroxylation sites is 1. The van der Waals surface area contributed by atoms with Crippen LogP contribution in [0.2, 0.25) is 0 Å². The van der Waals surface area contributed by atoms with E-state index in [2.05, 4.69) is 4.98 Å². The maximum Gasteiger partial charge on any atom is 0.252 e. The maximum atomic E-state index is 11.6. The Bertz CT molecular complexity index is 858. The SMILES string of the molecule is N#Cc1ccc(Oc2cc(=O)[nH]c3ccccc23)cc1. The molecular weight excluding hydrogens is 252 g/mol. The van der Waals surface area contributed by atoms with Gasteiger partial charge in [-0.05, 0) is 36.4 Å². The van der Waals surface area contributed by atoms with Crippen molar-refractivity contribution in [3.05, 3.63) is 70.5 Å². The molecule has 0 spiro atoms. The Labute approximate surface area is 114 Å². The van der Waals surface area contributed by atoms with Crippen LogP contribution >= 0.6 is 0 Å². The molecule has 0 amide bonds. The molecule has 0 saturated carbocycles. The number of nitrogens with zero attached hydrogens (tertiary/aromatic N) is 1. The Morgan fingerprint density at radius 3 is 2.55 bits per heavy atom. The third-order valence-electron chi connectivity index (χ3n) is 2.92. The van der Waals surface area contributed by atoms with Crippen LogP contribution in [-0.4, -0.2) is 4.98 Å². The molecule has 20 heavy (non-hydrogen) atoms. The van der Waals surface area contributed by atoms with Crippen molar-refractivity contribution in [1.29, 1.82) is 5.26 Å². The first kappa shape index (κ1) is 12.0. The normalized spacial score (nSPS) is 10.2. The van der Waals surface area contributed by atoms with Crippen molar-refractivity contribution in [3.8, 4) is 17.6 Å². The van der Waals surface area contributed by atoms with Crippen molar-refractivity contribution >= 4 is 10.9 Å². The number of pyridine rings is 1. The molecule has 0 unspecified atom stereocenters. The minimum atomic E-state index is -0.215. The molecule has 4 heteroatoms. The van der Waals surface area contributed by atoms with Gasteiger partial charge in [-0.1, -0.05) is 12.1 Å². The van der Waals surface area contributed by atoms with E-state index >= 15 is 0 Å². The summed E-state index contributed by atoms with van der Waals surface area (Å²) in [7, 11) is 0. The minimum absolute atomic E-state index is 0.215. The molecule has 0 atom stereocenters. The Morgan fingerprint density at radius 2 is 1.80 bits per heavy atom. The highest BCUT2D eigenvalue weighted by molar-refractivity contribution is 5.84. The summed E-state index contributed by atoms with van der Waals surface area (Å²) >= 11 is 0. The van der Waals surface area contributed by atoms with E-state index < -0.39 is 0 Å². The van der Waals surface area contributed by atoms with E-state index in [0.717, 1.165) is 10.9 Å². The number of nitrogens with one attached hydrogen (secondary N) is 1. The molecule has 0 aliphatic carbocycles. The molecule has 0 aliphatic heterocycles. The summed E-state index contributed by atoms with van der Waals surface area (Å²) in [5.41, 5.74) is 1.07. The van der Waals surface area contributed by atoms with Crippen LogP contribution in [0.25, 0.3) is 10.9 Å². The number of fused-ring (bicyclic) bond motifs is 1. The van der Waals surface area contributed by atoms with Crippen LogP contribution in [0.3, 0.4) is 0 Å². The second-order valence-electron chi connectivity index (χ2n) is 4.28. The van der Waals surface area contributed by atoms with Gasteiger partial charge in [0, 0.05) is 11.5 Å². The Kier molecular flexibility index (Phi) is 2.94. The zero-order chi connectivity index (χ0) is 13.9. The second kappa shape index (κ2) is 4.90. The van der Waals surface area contributed by atoms with Crippen LogP contribution in [0.15, 0.2) is 59.4 Å². The molecule has 3 rings (SSSR count). The summed E-state index contributed by atoms with van der Waals surface area (Å²) < 4.78 is 5.74. The molecule has 96 valence electrons. The molecule has 0 aliphatic rings. The van der Waals surface area contributed by atoms with E-state index in [9.17, 15) is 4.79 Å². The fraction of sp³-hybridized carbons (Fsp3) is 0. The van der Waals surface area contributed by atoms with E-state index in [1.54, 1.807) is 24.3 Å². The molecule has 1 aromatic heterocycles. The van der Waals surface area contributed by atoms with Gasteiger partial charge >= 0.3 is 0 Å². The van der Waals surface area contributed by atoms with Crippen molar-refractivity contribution in [2.24, 2.45) is 0 Å². The van der Waals surface area contributed by atoms with Crippen LogP contribution in [0, 0.1) is 11.3 Å². The van der Waals surface area contributed by atoms with Gasteiger partial charge in [0.2, 0.25) is 0 Å². The van der Waals surface area contributed by atoms with Gasteiger partial charge < -0.3 is 9.72 Å². The number of hydrogen-bond acceptors (Lipinski definition) is 3. The number of hydrogen-bond donors (Lipinski definition) is 1. The third-order valence-corrected chi connectivity index (χ3v) is 2.92. The Morgan fingerprint density at radius 1 is 1.05 bits per heavy atom. The molecule has 3 aromatic rings. The lowest BCUT2D eigenvalue weighted by Crippen LogP contribution is -2.04. The lowest BCUT2D eigenvalue weighted by atomic mass is 10.2. The van der Waals surface area contributed by atoms with Gasteiger partial charge in [0.15, 0.2) is 0 Å². The predicted molar refractivity (Wildman–Crippen MR) is 75.8 cm³/mol. The monoisotopic (exact) mass is 262 g/mol. The number of rotatable bonds is 2. The fourth-order valence-electron chi connectivity index (χ4n) is 1.98. The average molecular weight is 262 g/mol.